The normalized spacial score (nSPS) is 12.5. The third kappa shape index (κ3) is 6.60. The molecule has 0 heterocycles. The zero-order valence-electron chi connectivity index (χ0n) is 21.3. The van der Waals surface area contributed by atoms with E-state index in [1.807, 2.05) is 6.92 Å². The van der Waals surface area contributed by atoms with Crippen LogP contribution in [-0.4, -0.2) is 49.8 Å². The number of sulfone groups is 1. The molecule has 0 saturated carbocycles. The molecule has 0 aliphatic carbocycles. The summed E-state index contributed by atoms with van der Waals surface area (Å²) in [6, 6.07) is 16.6. The highest BCUT2D eigenvalue weighted by Gasteiger charge is 2.28. The Morgan fingerprint density at radius 2 is 1.43 bits per heavy atom. The number of anilines is 1. The molecule has 3 aromatic rings. The molecule has 0 saturated heterocycles. The van der Waals surface area contributed by atoms with Crippen LogP contribution < -0.4 is 19.1 Å². The number of amides is 1. The fraction of sp³-hybridized carbons (Fsp3) is 0.269. The number of hydrogen-bond acceptors (Lipinski definition) is 7. The van der Waals surface area contributed by atoms with Crippen LogP contribution >= 0.6 is 0 Å². The van der Waals surface area contributed by atoms with Crippen LogP contribution in [0.15, 0.2) is 76.5 Å². The van der Waals surface area contributed by atoms with Gasteiger partial charge in [-0.05, 0) is 55.8 Å². The van der Waals surface area contributed by atoms with Gasteiger partial charge in [0.25, 0.3) is 10.0 Å². The van der Waals surface area contributed by atoms with Crippen LogP contribution in [0, 0.1) is 6.92 Å². The number of carbonyl (C=O) groups excluding carboxylic acids is 1. The number of methoxy groups -OCH3 is 2. The largest absolute Gasteiger partial charge is 0.493 e. The Balaban J connectivity index is 1.92. The summed E-state index contributed by atoms with van der Waals surface area (Å²) in [4.78, 5) is 13.3. The Kier molecular flexibility index (Phi) is 8.49. The molecule has 1 amide bonds. The first-order valence-corrected chi connectivity index (χ1v) is 14.6. The molecule has 37 heavy (non-hydrogen) atoms. The van der Waals surface area contributed by atoms with E-state index in [4.69, 9.17) is 9.47 Å². The van der Waals surface area contributed by atoms with Gasteiger partial charge in [0.15, 0.2) is 21.3 Å². The fourth-order valence-electron chi connectivity index (χ4n) is 3.64. The standard InChI is InChI=1S/C26H30N2O7S2/c1-18-6-11-23(12-7-18)37(32,33)28(21-10-15-24(34-3)25(16-21)35-4)17-26(29)27-19(2)20-8-13-22(14-9-20)36(5,30)31/h6-16,19H,17H2,1-5H3,(H,27,29). The Morgan fingerprint density at radius 1 is 0.865 bits per heavy atom. The lowest BCUT2D eigenvalue weighted by Crippen LogP contribution is -2.41. The number of benzene rings is 3. The number of carbonyl (C=O) groups is 1. The summed E-state index contributed by atoms with van der Waals surface area (Å²) >= 11 is 0. The maximum Gasteiger partial charge on any atom is 0.264 e. The van der Waals surface area contributed by atoms with Crippen LogP contribution in [0.25, 0.3) is 0 Å². The first-order valence-electron chi connectivity index (χ1n) is 11.3. The van der Waals surface area contributed by atoms with Crippen molar-refractivity contribution in [3.8, 4) is 11.5 Å². The summed E-state index contributed by atoms with van der Waals surface area (Å²) in [6.07, 6.45) is 1.12. The zero-order valence-corrected chi connectivity index (χ0v) is 22.9. The molecule has 9 nitrogen and oxygen atoms in total. The van der Waals surface area contributed by atoms with E-state index in [1.165, 1.54) is 50.6 Å². The van der Waals surface area contributed by atoms with Crippen molar-refractivity contribution in [3.05, 3.63) is 77.9 Å². The first kappa shape index (κ1) is 28.0. The average molecular weight is 547 g/mol. The Hall–Kier alpha value is -3.57. The van der Waals surface area contributed by atoms with Crippen LogP contribution in [0.4, 0.5) is 5.69 Å². The maximum atomic E-state index is 13.6. The number of sulfonamides is 1. The van der Waals surface area contributed by atoms with Crippen molar-refractivity contribution >= 4 is 31.5 Å². The summed E-state index contributed by atoms with van der Waals surface area (Å²) in [5.41, 5.74) is 1.78. The molecule has 0 radical (unpaired) electrons. The molecule has 0 aromatic heterocycles. The zero-order chi connectivity index (χ0) is 27.4. The second kappa shape index (κ2) is 11.2. The summed E-state index contributed by atoms with van der Waals surface area (Å²) < 4.78 is 62.3. The molecule has 1 N–H and O–H groups in total. The molecule has 11 heteroatoms. The third-order valence-corrected chi connectivity index (χ3v) is 8.65. The van der Waals surface area contributed by atoms with E-state index in [-0.39, 0.29) is 15.5 Å². The summed E-state index contributed by atoms with van der Waals surface area (Å²) in [5, 5.41) is 2.79. The van der Waals surface area contributed by atoms with Crippen molar-refractivity contribution in [2.24, 2.45) is 0 Å². The average Bonchev–Trinajstić information content (AvgIpc) is 2.86. The molecule has 0 spiro atoms. The van der Waals surface area contributed by atoms with E-state index in [9.17, 15) is 21.6 Å². The van der Waals surface area contributed by atoms with E-state index in [0.717, 1.165) is 16.1 Å². The Bertz CT molecular complexity index is 1470. The van der Waals surface area contributed by atoms with Gasteiger partial charge >= 0.3 is 0 Å². The Labute approximate surface area is 218 Å². The molecule has 0 aliphatic heterocycles. The number of hydrogen-bond donors (Lipinski definition) is 1. The molecule has 3 aromatic carbocycles. The number of nitrogens with zero attached hydrogens (tertiary/aromatic N) is 1. The predicted octanol–water partition coefficient (Wildman–Crippen LogP) is 3.49. The predicted molar refractivity (Wildman–Crippen MR) is 141 cm³/mol. The quantitative estimate of drug-likeness (QED) is 0.413. The van der Waals surface area contributed by atoms with E-state index in [0.29, 0.717) is 17.1 Å². The van der Waals surface area contributed by atoms with Crippen molar-refractivity contribution < 1.29 is 31.1 Å². The highest BCUT2D eigenvalue weighted by Crippen LogP contribution is 2.34. The fourth-order valence-corrected chi connectivity index (χ4v) is 5.68. The topological polar surface area (TPSA) is 119 Å². The molecular formula is C26H30N2O7S2. The van der Waals surface area contributed by atoms with Gasteiger partial charge in [-0.15, -0.1) is 0 Å². The molecule has 0 bridgehead atoms. The number of ether oxygens (including phenoxy) is 2. The van der Waals surface area contributed by atoms with Gasteiger partial charge in [-0.2, -0.15) is 0 Å². The number of rotatable bonds is 10. The summed E-state index contributed by atoms with van der Waals surface area (Å²) in [6.45, 7) is 3.07. The van der Waals surface area contributed by atoms with Crippen molar-refractivity contribution in [2.45, 2.75) is 29.7 Å². The first-order chi connectivity index (χ1) is 17.4. The van der Waals surface area contributed by atoms with E-state index >= 15 is 0 Å². The van der Waals surface area contributed by atoms with Crippen molar-refractivity contribution in [1.29, 1.82) is 0 Å². The van der Waals surface area contributed by atoms with Gasteiger partial charge in [0.05, 0.1) is 35.7 Å². The third-order valence-electron chi connectivity index (χ3n) is 5.74. The highest BCUT2D eigenvalue weighted by molar-refractivity contribution is 7.93. The second-order valence-corrected chi connectivity index (χ2v) is 12.4. The van der Waals surface area contributed by atoms with Crippen LogP contribution in [0.3, 0.4) is 0 Å². The molecule has 0 aliphatic rings. The number of nitrogens with one attached hydrogen (secondary N) is 1. The Morgan fingerprint density at radius 3 is 1.97 bits per heavy atom. The minimum atomic E-state index is -4.12. The second-order valence-electron chi connectivity index (χ2n) is 8.49. The van der Waals surface area contributed by atoms with E-state index < -0.39 is 38.4 Å². The lowest BCUT2D eigenvalue weighted by molar-refractivity contribution is -0.120. The van der Waals surface area contributed by atoms with Crippen molar-refractivity contribution in [1.82, 2.24) is 5.32 Å². The molecule has 3 rings (SSSR count). The van der Waals surface area contributed by atoms with Gasteiger partial charge in [-0.1, -0.05) is 29.8 Å². The van der Waals surface area contributed by atoms with Gasteiger partial charge in [0.2, 0.25) is 5.91 Å². The maximum absolute atomic E-state index is 13.6. The van der Waals surface area contributed by atoms with Gasteiger partial charge in [0.1, 0.15) is 6.54 Å². The van der Waals surface area contributed by atoms with Gasteiger partial charge in [0, 0.05) is 12.3 Å². The lowest BCUT2D eigenvalue weighted by atomic mass is 10.1. The SMILES string of the molecule is COc1ccc(N(CC(=O)NC(C)c2ccc(S(C)(=O)=O)cc2)S(=O)(=O)c2ccc(C)cc2)cc1OC. The van der Waals surface area contributed by atoms with Crippen LogP contribution in [-0.2, 0) is 24.7 Å². The molecule has 198 valence electrons. The van der Waals surface area contributed by atoms with Crippen LogP contribution in [0.1, 0.15) is 24.1 Å². The monoisotopic (exact) mass is 546 g/mol. The van der Waals surface area contributed by atoms with Crippen LogP contribution in [0.2, 0.25) is 0 Å². The molecule has 0 fully saturated rings. The molecular weight excluding hydrogens is 516 g/mol. The van der Waals surface area contributed by atoms with E-state index in [2.05, 4.69) is 5.32 Å². The van der Waals surface area contributed by atoms with Crippen LogP contribution in [0.5, 0.6) is 11.5 Å². The van der Waals surface area contributed by atoms with Gasteiger partial charge in [-0.3, -0.25) is 9.10 Å². The lowest BCUT2D eigenvalue weighted by Gasteiger charge is -2.26. The summed E-state index contributed by atoms with van der Waals surface area (Å²) in [7, 11) is -4.57. The minimum absolute atomic E-state index is 0.0325. The molecule has 1 unspecified atom stereocenters. The van der Waals surface area contributed by atoms with Crippen molar-refractivity contribution in [2.75, 3.05) is 31.3 Å². The minimum Gasteiger partial charge on any atom is -0.493 e. The van der Waals surface area contributed by atoms with Gasteiger partial charge in [-0.25, -0.2) is 16.8 Å². The molecule has 1 atom stereocenters. The van der Waals surface area contributed by atoms with Crippen molar-refractivity contribution in [3.63, 3.8) is 0 Å². The number of aryl methyl sites for hydroxylation is 1. The highest BCUT2D eigenvalue weighted by atomic mass is 32.2. The summed E-state index contributed by atoms with van der Waals surface area (Å²) in [5.74, 6) is 0.170. The van der Waals surface area contributed by atoms with E-state index in [1.54, 1.807) is 37.3 Å². The van der Waals surface area contributed by atoms with Gasteiger partial charge < -0.3 is 14.8 Å². The smallest absolute Gasteiger partial charge is 0.264 e.